The second-order valence-electron chi connectivity index (χ2n) is 5.99. The van der Waals surface area contributed by atoms with Crippen LogP contribution in [0.2, 0.25) is 5.02 Å². The Morgan fingerprint density at radius 3 is 2.79 bits per heavy atom. The lowest BCUT2D eigenvalue weighted by Crippen LogP contribution is -2.37. The maximum atomic E-state index is 12.1. The Balaban J connectivity index is 1.59. The number of rotatable bonds is 7. The fraction of sp³-hybridized carbons (Fsp3) is 0.471. The van der Waals surface area contributed by atoms with Crippen LogP contribution in [-0.4, -0.2) is 45.2 Å². The Bertz CT molecular complexity index is 655. The molecule has 1 aliphatic heterocycles. The number of nitrogens with zero attached hydrogens (tertiary/aromatic N) is 4. The predicted octanol–water partition coefficient (Wildman–Crippen LogP) is 2.27. The molecule has 1 fully saturated rings. The lowest BCUT2D eigenvalue weighted by Gasteiger charge is -2.29. The van der Waals surface area contributed by atoms with Gasteiger partial charge >= 0.3 is 0 Å². The number of amides is 1. The highest BCUT2D eigenvalue weighted by Crippen LogP contribution is 2.29. The topological polar surface area (TPSA) is 63.1 Å². The molecule has 3 rings (SSSR count). The van der Waals surface area contributed by atoms with Crippen LogP contribution >= 0.6 is 11.6 Å². The Hall–Kier alpha value is -1.92. The van der Waals surface area contributed by atoms with Gasteiger partial charge in [-0.05, 0) is 37.6 Å². The highest BCUT2D eigenvalue weighted by atomic mass is 35.5. The molecule has 0 unspecified atom stereocenters. The van der Waals surface area contributed by atoms with E-state index in [-0.39, 0.29) is 11.9 Å². The molecule has 128 valence electrons. The minimum Gasteiger partial charge on any atom is -0.354 e. The van der Waals surface area contributed by atoms with Gasteiger partial charge in [0.05, 0.1) is 12.6 Å². The minimum absolute atomic E-state index is 0.0155. The van der Waals surface area contributed by atoms with Gasteiger partial charge in [0, 0.05) is 18.0 Å². The van der Waals surface area contributed by atoms with Gasteiger partial charge in [-0.3, -0.25) is 14.4 Å². The predicted molar refractivity (Wildman–Crippen MR) is 92.6 cm³/mol. The van der Waals surface area contributed by atoms with Crippen molar-refractivity contribution in [2.45, 2.75) is 31.8 Å². The Morgan fingerprint density at radius 1 is 1.29 bits per heavy atom. The highest BCUT2D eigenvalue weighted by Gasteiger charge is 2.25. The zero-order valence-corrected chi connectivity index (χ0v) is 14.3. The van der Waals surface area contributed by atoms with Gasteiger partial charge in [0.25, 0.3) is 0 Å². The zero-order valence-electron chi connectivity index (χ0n) is 13.6. The summed E-state index contributed by atoms with van der Waals surface area (Å²) in [6.07, 6.45) is 5.86. The van der Waals surface area contributed by atoms with E-state index in [9.17, 15) is 4.79 Å². The first-order valence-corrected chi connectivity index (χ1v) is 8.69. The number of halogens is 1. The van der Waals surface area contributed by atoms with Crippen molar-refractivity contribution < 1.29 is 4.79 Å². The van der Waals surface area contributed by atoms with E-state index in [1.807, 2.05) is 24.3 Å². The molecule has 1 saturated heterocycles. The molecule has 24 heavy (non-hydrogen) atoms. The SMILES string of the molecule is O=C(CCn1cncn1)NC[C@H](c1ccccc1Cl)N1CCCC1. The van der Waals surface area contributed by atoms with Crippen LogP contribution in [-0.2, 0) is 11.3 Å². The number of carbonyl (C=O) groups is 1. The van der Waals surface area contributed by atoms with Gasteiger partial charge in [0.15, 0.2) is 0 Å². The Labute approximate surface area is 146 Å². The number of aryl methyl sites for hydroxylation is 1. The van der Waals surface area contributed by atoms with E-state index in [2.05, 4.69) is 20.3 Å². The summed E-state index contributed by atoms with van der Waals surface area (Å²) in [5.74, 6) is 0.0155. The summed E-state index contributed by atoms with van der Waals surface area (Å²) in [5.41, 5.74) is 1.08. The number of carbonyl (C=O) groups excluding carboxylic acids is 1. The summed E-state index contributed by atoms with van der Waals surface area (Å²) < 4.78 is 1.66. The number of nitrogens with one attached hydrogen (secondary N) is 1. The fourth-order valence-electron chi connectivity index (χ4n) is 3.10. The minimum atomic E-state index is 0.0155. The average molecular weight is 348 g/mol. The summed E-state index contributed by atoms with van der Waals surface area (Å²) in [5, 5.41) is 7.81. The molecule has 0 bridgehead atoms. The van der Waals surface area contributed by atoms with Gasteiger partial charge in [-0.15, -0.1) is 0 Å². The zero-order chi connectivity index (χ0) is 16.8. The van der Waals surface area contributed by atoms with E-state index in [1.165, 1.54) is 19.2 Å². The van der Waals surface area contributed by atoms with E-state index in [0.29, 0.717) is 19.5 Å². The quantitative estimate of drug-likeness (QED) is 0.834. The largest absolute Gasteiger partial charge is 0.354 e. The van der Waals surface area contributed by atoms with Crippen LogP contribution in [0.5, 0.6) is 0 Å². The van der Waals surface area contributed by atoms with Crippen LogP contribution in [0.1, 0.15) is 30.9 Å². The van der Waals surface area contributed by atoms with Crippen molar-refractivity contribution in [3.05, 3.63) is 47.5 Å². The van der Waals surface area contributed by atoms with Crippen molar-refractivity contribution in [1.82, 2.24) is 25.0 Å². The number of benzene rings is 1. The summed E-state index contributed by atoms with van der Waals surface area (Å²) in [6.45, 7) is 3.20. The first kappa shape index (κ1) is 16.9. The second kappa shape index (κ2) is 8.26. The van der Waals surface area contributed by atoms with Crippen LogP contribution in [0.15, 0.2) is 36.9 Å². The van der Waals surface area contributed by atoms with Gasteiger partial charge < -0.3 is 5.32 Å². The molecule has 7 heteroatoms. The smallest absolute Gasteiger partial charge is 0.221 e. The molecular weight excluding hydrogens is 326 g/mol. The highest BCUT2D eigenvalue weighted by molar-refractivity contribution is 6.31. The van der Waals surface area contributed by atoms with Crippen LogP contribution in [0.25, 0.3) is 0 Å². The van der Waals surface area contributed by atoms with Crippen molar-refractivity contribution in [1.29, 1.82) is 0 Å². The maximum absolute atomic E-state index is 12.1. The van der Waals surface area contributed by atoms with E-state index < -0.39 is 0 Å². The number of aromatic nitrogens is 3. The lowest BCUT2D eigenvalue weighted by atomic mass is 10.1. The number of likely N-dealkylation sites (tertiary alicyclic amines) is 1. The molecule has 2 heterocycles. The van der Waals surface area contributed by atoms with Crippen LogP contribution in [0.4, 0.5) is 0 Å². The first-order valence-electron chi connectivity index (χ1n) is 8.31. The summed E-state index contributed by atoms with van der Waals surface area (Å²) in [4.78, 5) is 18.4. The molecule has 1 aromatic carbocycles. The van der Waals surface area contributed by atoms with Crippen LogP contribution < -0.4 is 5.32 Å². The van der Waals surface area contributed by atoms with Crippen molar-refractivity contribution in [2.24, 2.45) is 0 Å². The summed E-state index contributed by atoms with van der Waals surface area (Å²) in [7, 11) is 0. The molecule has 0 saturated carbocycles. The monoisotopic (exact) mass is 347 g/mol. The molecule has 1 aliphatic rings. The first-order chi connectivity index (χ1) is 11.7. The average Bonchev–Trinajstić information content (AvgIpc) is 3.28. The third kappa shape index (κ3) is 4.33. The maximum Gasteiger partial charge on any atom is 0.221 e. The van der Waals surface area contributed by atoms with Gasteiger partial charge in [-0.25, -0.2) is 4.98 Å². The van der Waals surface area contributed by atoms with Crippen molar-refractivity contribution >= 4 is 17.5 Å². The summed E-state index contributed by atoms with van der Waals surface area (Å²) in [6, 6.07) is 8.01. The number of hydrogen-bond acceptors (Lipinski definition) is 4. The van der Waals surface area contributed by atoms with Crippen molar-refractivity contribution in [3.63, 3.8) is 0 Å². The Kier molecular flexibility index (Phi) is 5.82. The fourth-order valence-corrected chi connectivity index (χ4v) is 3.36. The molecule has 1 atom stereocenters. The molecule has 0 aliphatic carbocycles. The standard InChI is InChI=1S/C17H22ClN5O/c18-15-6-2-1-5-14(15)16(22-8-3-4-9-22)11-20-17(24)7-10-23-13-19-12-21-23/h1-2,5-6,12-13,16H,3-4,7-11H2,(H,20,24)/t16-/m1/s1. The van der Waals surface area contributed by atoms with Crippen molar-refractivity contribution in [3.8, 4) is 0 Å². The van der Waals surface area contributed by atoms with E-state index in [1.54, 1.807) is 11.0 Å². The second-order valence-corrected chi connectivity index (χ2v) is 6.40. The van der Waals surface area contributed by atoms with Gasteiger partial charge in [0.2, 0.25) is 5.91 Å². The third-order valence-electron chi connectivity index (χ3n) is 4.37. The molecule has 1 aromatic heterocycles. The molecule has 1 N–H and O–H groups in total. The molecule has 1 amide bonds. The molecule has 0 spiro atoms. The Morgan fingerprint density at radius 2 is 2.08 bits per heavy atom. The molecule has 6 nitrogen and oxygen atoms in total. The molecular formula is C17H22ClN5O. The van der Waals surface area contributed by atoms with E-state index >= 15 is 0 Å². The molecule has 0 radical (unpaired) electrons. The van der Waals surface area contributed by atoms with Gasteiger partial charge in [-0.1, -0.05) is 29.8 Å². The van der Waals surface area contributed by atoms with E-state index in [4.69, 9.17) is 11.6 Å². The molecule has 2 aromatic rings. The van der Waals surface area contributed by atoms with Crippen LogP contribution in [0.3, 0.4) is 0 Å². The normalized spacial score (nSPS) is 16.2. The van der Waals surface area contributed by atoms with Gasteiger partial charge in [-0.2, -0.15) is 5.10 Å². The van der Waals surface area contributed by atoms with Crippen LogP contribution in [0, 0.1) is 0 Å². The summed E-state index contributed by atoms with van der Waals surface area (Å²) >= 11 is 6.38. The third-order valence-corrected chi connectivity index (χ3v) is 4.72. The van der Waals surface area contributed by atoms with Crippen molar-refractivity contribution in [2.75, 3.05) is 19.6 Å². The number of hydrogen-bond donors (Lipinski definition) is 1. The van der Waals surface area contributed by atoms with E-state index in [0.717, 1.165) is 23.7 Å². The van der Waals surface area contributed by atoms with Gasteiger partial charge in [0.1, 0.15) is 12.7 Å². The lowest BCUT2D eigenvalue weighted by molar-refractivity contribution is -0.121.